The number of carboxylic acid groups (broad SMARTS) is 1. The summed E-state index contributed by atoms with van der Waals surface area (Å²) in [5.41, 5.74) is -0.0587. The van der Waals surface area contributed by atoms with E-state index in [4.69, 9.17) is 9.84 Å². The van der Waals surface area contributed by atoms with Crippen molar-refractivity contribution in [1.29, 1.82) is 0 Å². The summed E-state index contributed by atoms with van der Waals surface area (Å²) in [6, 6.07) is 0. The largest absolute Gasteiger partial charge is 0.477 e. The Balaban J connectivity index is 1.98. The molecule has 7 nitrogen and oxygen atoms in total. The Bertz CT molecular complexity index is 445. The van der Waals surface area contributed by atoms with Gasteiger partial charge in [0.1, 0.15) is 5.69 Å². The van der Waals surface area contributed by atoms with Crippen molar-refractivity contribution in [3.05, 3.63) is 21.9 Å². The van der Waals surface area contributed by atoms with Gasteiger partial charge in [0.2, 0.25) is 0 Å². The van der Waals surface area contributed by atoms with Crippen LogP contribution >= 0.6 is 0 Å². The highest BCUT2D eigenvalue weighted by Gasteiger charge is 2.16. The maximum absolute atomic E-state index is 11.1. The number of morpholine rings is 1. The SMILES string of the molecule is O=C(O)c1[nH]c(=O)[nH]c1CCN1CCOCC1. The zero-order valence-corrected chi connectivity index (χ0v) is 9.36. The molecule has 0 aromatic carbocycles. The highest BCUT2D eigenvalue weighted by atomic mass is 16.5. The summed E-state index contributed by atoms with van der Waals surface area (Å²) in [5.74, 6) is -1.11. The lowest BCUT2D eigenvalue weighted by Gasteiger charge is -2.26. The van der Waals surface area contributed by atoms with Crippen LogP contribution in [0.2, 0.25) is 0 Å². The van der Waals surface area contributed by atoms with Gasteiger partial charge in [-0.3, -0.25) is 9.88 Å². The van der Waals surface area contributed by atoms with Gasteiger partial charge in [0.15, 0.2) is 0 Å². The predicted octanol–water partition coefficient (Wildman–Crippen LogP) is -0.724. The Hall–Kier alpha value is -1.60. The molecule has 1 aromatic heterocycles. The number of aromatic carboxylic acids is 1. The molecule has 1 saturated heterocycles. The van der Waals surface area contributed by atoms with Crippen LogP contribution in [-0.2, 0) is 11.2 Å². The van der Waals surface area contributed by atoms with E-state index in [9.17, 15) is 9.59 Å². The van der Waals surface area contributed by atoms with E-state index < -0.39 is 11.7 Å². The van der Waals surface area contributed by atoms with Crippen LogP contribution in [0, 0.1) is 0 Å². The van der Waals surface area contributed by atoms with Gasteiger partial charge in [-0.05, 0) is 0 Å². The van der Waals surface area contributed by atoms with Crippen LogP contribution in [0.5, 0.6) is 0 Å². The van der Waals surface area contributed by atoms with Crippen molar-refractivity contribution in [3.63, 3.8) is 0 Å². The van der Waals surface area contributed by atoms with Crippen LogP contribution in [-0.4, -0.2) is 58.8 Å². The Morgan fingerprint density at radius 2 is 2.06 bits per heavy atom. The number of aromatic amines is 2. The molecule has 1 aliphatic rings. The monoisotopic (exact) mass is 241 g/mol. The smallest absolute Gasteiger partial charge is 0.354 e. The fourth-order valence-electron chi connectivity index (χ4n) is 1.88. The summed E-state index contributed by atoms with van der Waals surface area (Å²) in [5, 5.41) is 8.89. The number of carbonyl (C=O) groups is 1. The van der Waals surface area contributed by atoms with Gasteiger partial charge < -0.3 is 14.8 Å². The van der Waals surface area contributed by atoms with Gasteiger partial charge in [0.05, 0.1) is 18.9 Å². The Labute approximate surface area is 97.4 Å². The second-order valence-electron chi connectivity index (χ2n) is 3.94. The number of hydrogen-bond acceptors (Lipinski definition) is 4. The molecule has 1 fully saturated rings. The van der Waals surface area contributed by atoms with Crippen molar-refractivity contribution in [2.75, 3.05) is 32.8 Å². The minimum absolute atomic E-state index is 0.0386. The highest BCUT2D eigenvalue weighted by Crippen LogP contribution is 2.04. The summed E-state index contributed by atoms with van der Waals surface area (Å²) >= 11 is 0. The van der Waals surface area contributed by atoms with Gasteiger partial charge in [0.25, 0.3) is 0 Å². The number of H-pyrrole nitrogens is 2. The molecular weight excluding hydrogens is 226 g/mol. The van der Waals surface area contributed by atoms with E-state index in [1.54, 1.807) is 0 Å². The number of aromatic nitrogens is 2. The summed E-state index contributed by atoms with van der Waals surface area (Å²) < 4.78 is 5.22. The number of rotatable bonds is 4. The number of hydrogen-bond donors (Lipinski definition) is 3. The first-order chi connectivity index (χ1) is 8.16. The number of ether oxygens (including phenoxy) is 1. The molecule has 0 amide bonds. The maximum Gasteiger partial charge on any atom is 0.354 e. The Morgan fingerprint density at radius 3 is 2.71 bits per heavy atom. The van der Waals surface area contributed by atoms with Crippen LogP contribution in [0.15, 0.2) is 4.79 Å². The lowest BCUT2D eigenvalue weighted by Crippen LogP contribution is -2.37. The molecule has 1 aromatic rings. The third kappa shape index (κ3) is 2.95. The van der Waals surface area contributed by atoms with E-state index >= 15 is 0 Å². The third-order valence-corrected chi connectivity index (χ3v) is 2.80. The van der Waals surface area contributed by atoms with Crippen LogP contribution in [0.4, 0.5) is 0 Å². The lowest BCUT2D eigenvalue weighted by molar-refractivity contribution is 0.0382. The zero-order chi connectivity index (χ0) is 12.3. The van der Waals surface area contributed by atoms with Gasteiger partial charge >= 0.3 is 11.7 Å². The highest BCUT2D eigenvalue weighted by molar-refractivity contribution is 5.86. The second-order valence-corrected chi connectivity index (χ2v) is 3.94. The van der Waals surface area contributed by atoms with Crippen molar-refractivity contribution in [3.8, 4) is 0 Å². The average molecular weight is 241 g/mol. The summed E-state index contributed by atoms with van der Waals surface area (Å²) in [7, 11) is 0. The molecule has 1 aliphatic heterocycles. The van der Waals surface area contributed by atoms with Crippen LogP contribution in [0.25, 0.3) is 0 Å². The standard InChI is InChI=1S/C10H15N3O4/c14-9(15)8-7(11-10(16)12-8)1-2-13-3-5-17-6-4-13/h1-6H2,(H,14,15)(H2,11,12,16). The molecule has 2 heterocycles. The number of nitrogens with zero attached hydrogens (tertiary/aromatic N) is 1. The summed E-state index contributed by atoms with van der Waals surface area (Å²) in [6.07, 6.45) is 0.514. The first-order valence-electron chi connectivity index (χ1n) is 5.51. The number of carboxylic acids is 1. The van der Waals surface area contributed by atoms with E-state index in [0.29, 0.717) is 25.3 Å². The van der Waals surface area contributed by atoms with E-state index in [2.05, 4.69) is 14.9 Å². The zero-order valence-electron chi connectivity index (χ0n) is 9.36. The Morgan fingerprint density at radius 1 is 1.35 bits per heavy atom. The second kappa shape index (κ2) is 5.15. The summed E-state index contributed by atoms with van der Waals surface area (Å²) in [6.45, 7) is 3.82. The number of nitrogens with one attached hydrogen (secondary N) is 2. The fourth-order valence-corrected chi connectivity index (χ4v) is 1.88. The maximum atomic E-state index is 11.1. The molecule has 0 saturated carbocycles. The van der Waals surface area contributed by atoms with Gasteiger partial charge in [-0.1, -0.05) is 0 Å². The van der Waals surface area contributed by atoms with Crippen LogP contribution < -0.4 is 5.69 Å². The van der Waals surface area contributed by atoms with E-state index in [-0.39, 0.29) is 5.69 Å². The molecule has 17 heavy (non-hydrogen) atoms. The topological polar surface area (TPSA) is 98.4 Å². The van der Waals surface area contributed by atoms with Gasteiger partial charge in [0, 0.05) is 26.1 Å². The number of imidazole rings is 1. The first kappa shape index (κ1) is 11.9. The van der Waals surface area contributed by atoms with Crippen LogP contribution in [0.3, 0.4) is 0 Å². The van der Waals surface area contributed by atoms with Crippen molar-refractivity contribution >= 4 is 5.97 Å². The normalized spacial score (nSPS) is 17.2. The summed E-state index contributed by atoms with van der Waals surface area (Å²) in [4.78, 5) is 28.9. The minimum atomic E-state index is -1.11. The molecule has 94 valence electrons. The van der Waals surface area contributed by atoms with Crippen molar-refractivity contribution in [2.24, 2.45) is 0 Å². The van der Waals surface area contributed by atoms with Gasteiger partial charge in [-0.15, -0.1) is 0 Å². The van der Waals surface area contributed by atoms with Crippen molar-refractivity contribution < 1.29 is 14.6 Å². The van der Waals surface area contributed by atoms with E-state index in [1.165, 1.54) is 0 Å². The Kier molecular flexibility index (Phi) is 3.60. The molecule has 7 heteroatoms. The third-order valence-electron chi connectivity index (χ3n) is 2.80. The predicted molar refractivity (Wildman–Crippen MR) is 59.3 cm³/mol. The van der Waals surface area contributed by atoms with E-state index in [1.807, 2.05) is 0 Å². The molecule has 2 rings (SSSR count). The molecule has 0 atom stereocenters. The van der Waals surface area contributed by atoms with Gasteiger partial charge in [-0.25, -0.2) is 9.59 Å². The quantitative estimate of drug-likeness (QED) is 0.646. The molecular formula is C10H15N3O4. The van der Waals surface area contributed by atoms with Crippen molar-refractivity contribution in [1.82, 2.24) is 14.9 Å². The molecule has 0 radical (unpaired) electrons. The molecule has 0 spiro atoms. The molecule has 3 N–H and O–H groups in total. The average Bonchev–Trinajstić information content (AvgIpc) is 2.69. The first-order valence-corrected chi connectivity index (χ1v) is 5.51. The van der Waals surface area contributed by atoms with Crippen molar-refractivity contribution in [2.45, 2.75) is 6.42 Å². The molecule has 0 aliphatic carbocycles. The minimum Gasteiger partial charge on any atom is -0.477 e. The van der Waals surface area contributed by atoms with Gasteiger partial charge in [-0.2, -0.15) is 0 Å². The van der Waals surface area contributed by atoms with E-state index in [0.717, 1.165) is 19.6 Å². The molecule has 0 unspecified atom stereocenters. The fraction of sp³-hybridized carbons (Fsp3) is 0.600. The van der Waals surface area contributed by atoms with Crippen LogP contribution in [0.1, 0.15) is 16.2 Å². The molecule has 0 bridgehead atoms. The lowest BCUT2D eigenvalue weighted by atomic mass is 10.2.